The van der Waals surface area contributed by atoms with Crippen molar-refractivity contribution in [3.63, 3.8) is 0 Å². The molecule has 9 heteroatoms. The lowest BCUT2D eigenvalue weighted by Gasteiger charge is -2.20. The lowest BCUT2D eigenvalue weighted by Crippen LogP contribution is -2.32. The summed E-state index contributed by atoms with van der Waals surface area (Å²) in [5.74, 6) is 0.735. The Labute approximate surface area is 178 Å². The number of amides is 1. The number of halogens is 1. The standard InChI is InChI=1S/C21H22ClN5O3/c1-11(2)27-16-10-26(15-7-13(22)9-25(4)20(15)28)21(29)17(16)24-18(27)14-6-12(3)8-23-19(14)30-5/h6-9,11H,10H2,1-5H3. The van der Waals surface area contributed by atoms with E-state index in [0.29, 0.717) is 22.4 Å². The molecular formula is C21H22ClN5O3. The number of aryl methyl sites for hydroxylation is 2. The zero-order valence-corrected chi connectivity index (χ0v) is 18.2. The molecule has 1 aliphatic heterocycles. The van der Waals surface area contributed by atoms with Gasteiger partial charge in [0.1, 0.15) is 11.5 Å². The molecule has 0 saturated carbocycles. The van der Waals surface area contributed by atoms with Gasteiger partial charge in [-0.1, -0.05) is 11.6 Å². The Balaban J connectivity index is 1.87. The molecule has 0 atom stereocenters. The van der Waals surface area contributed by atoms with Crippen LogP contribution in [0.5, 0.6) is 5.88 Å². The highest BCUT2D eigenvalue weighted by Crippen LogP contribution is 2.36. The highest BCUT2D eigenvalue weighted by atomic mass is 35.5. The Bertz CT molecular complexity index is 1230. The van der Waals surface area contributed by atoms with E-state index in [4.69, 9.17) is 16.3 Å². The molecule has 0 radical (unpaired) electrons. The fourth-order valence-corrected chi connectivity index (χ4v) is 4.06. The first-order valence-corrected chi connectivity index (χ1v) is 9.90. The molecule has 0 fully saturated rings. The number of carbonyl (C=O) groups is 1. The van der Waals surface area contributed by atoms with Crippen LogP contribution >= 0.6 is 11.6 Å². The normalized spacial score (nSPS) is 13.3. The van der Waals surface area contributed by atoms with Crippen molar-refractivity contribution in [3.8, 4) is 17.3 Å². The lowest BCUT2D eigenvalue weighted by molar-refractivity contribution is 0.0992. The van der Waals surface area contributed by atoms with Gasteiger partial charge in [-0.25, -0.2) is 9.97 Å². The highest BCUT2D eigenvalue weighted by molar-refractivity contribution is 6.30. The molecule has 4 rings (SSSR count). The largest absolute Gasteiger partial charge is 0.480 e. The van der Waals surface area contributed by atoms with Crippen molar-refractivity contribution in [2.24, 2.45) is 7.05 Å². The summed E-state index contributed by atoms with van der Waals surface area (Å²) in [6.07, 6.45) is 3.24. The number of ether oxygens (including phenoxy) is 1. The summed E-state index contributed by atoms with van der Waals surface area (Å²) in [5, 5.41) is 0.382. The smallest absolute Gasteiger partial charge is 0.279 e. The van der Waals surface area contributed by atoms with Crippen LogP contribution in [-0.2, 0) is 13.6 Å². The number of nitrogens with zero attached hydrogens (tertiary/aromatic N) is 5. The summed E-state index contributed by atoms with van der Waals surface area (Å²) >= 11 is 6.13. The average Bonchev–Trinajstić information content (AvgIpc) is 3.21. The number of imidazole rings is 1. The minimum absolute atomic E-state index is 0.0245. The third-order valence-electron chi connectivity index (χ3n) is 5.13. The summed E-state index contributed by atoms with van der Waals surface area (Å²) in [5.41, 5.74) is 2.69. The van der Waals surface area contributed by atoms with Crippen molar-refractivity contribution in [2.75, 3.05) is 12.0 Å². The molecule has 156 valence electrons. The second kappa shape index (κ2) is 7.28. The minimum atomic E-state index is -0.329. The number of hydrogen-bond acceptors (Lipinski definition) is 5. The summed E-state index contributed by atoms with van der Waals surface area (Å²) in [6, 6.07) is 3.48. The number of methoxy groups -OCH3 is 1. The van der Waals surface area contributed by atoms with Gasteiger partial charge >= 0.3 is 0 Å². The van der Waals surface area contributed by atoms with E-state index in [1.807, 2.05) is 31.4 Å². The predicted molar refractivity (Wildman–Crippen MR) is 114 cm³/mol. The van der Waals surface area contributed by atoms with Crippen LogP contribution in [0.1, 0.15) is 41.6 Å². The molecule has 30 heavy (non-hydrogen) atoms. The molecule has 0 spiro atoms. The lowest BCUT2D eigenvalue weighted by atomic mass is 10.2. The molecule has 3 aromatic rings. The quantitative estimate of drug-likeness (QED) is 0.637. The van der Waals surface area contributed by atoms with Crippen LogP contribution < -0.4 is 15.2 Å². The van der Waals surface area contributed by atoms with Gasteiger partial charge < -0.3 is 13.9 Å². The summed E-state index contributed by atoms with van der Waals surface area (Å²) in [7, 11) is 3.16. The van der Waals surface area contributed by atoms with Crippen molar-refractivity contribution in [3.05, 3.63) is 56.9 Å². The zero-order valence-electron chi connectivity index (χ0n) is 17.4. The first kappa shape index (κ1) is 20.2. The second-order valence-electron chi connectivity index (χ2n) is 7.61. The van der Waals surface area contributed by atoms with E-state index in [0.717, 1.165) is 16.8 Å². The molecule has 8 nitrogen and oxygen atoms in total. The average molecular weight is 428 g/mol. The maximum Gasteiger partial charge on any atom is 0.279 e. The molecule has 1 amide bonds. The van der Waals surface area contributed by atoms with Crippen molar-refractivity contribution in [1.29, 1.82) is 0 Å². The second-order valence-corrected chi connectivity index (χ2v) is 8.05. The SMILES string of the molecule is COc1ncc(C)cc1-c1nc2c(n1C(C)C)CN(c1cc(Cl)cn(C)c1=O)C2=O. The topological polar surface area (TPSA) is 82.2 Å². The van der Waals surface area contributed by atoms with Crippen LogP contribution in [0.25, 0.3) is 11.4 Å². The predicted octanol–water partition coefficient (Wildman–Crippen LogP) is 3.36. The number of fused-ring (bicyclic) bond motifs is 1. The minimum Gasteiger partial charge on any atom is -0.480 e. The molecule has 0 unspecified atom stereocenters. The molecular weight excluding hydrogens is 406 g/mol. The Hall–Kier alpha value is -3.13. The van der Waals surface area contributed by atoms with Gasteiger partial charge in [0.2, 0.25) is 5.88 Å². The van der Waals surface area contributed by atoms with E-state index in [1.165, 1.54) is 21.7 Å². The van der Waals surface area contributed by atoms with Gasteiger partial charge in [-0.15, -0.1) is 0 Å². The Morgan fingerprint density at radius 1 is 1.23 bits per heavy atom. The monoisotopic (exact) mass is 427 g/mol. The van der Waals surface area contributed by atoms with E-state index in [-0.39, 0.29) is 29.7 Å². The Morgan fingerprint density at radius 2 is 1.97 bits per heavy atom. The number of carbonyl (C=O) groups excluding carboxylic acids is 1. The fourth-order valence-electron chi connectivity index (χ4n) is 3.81. The van der Waals surface area contributed by atoms with Crippen LogP contribution in [0.3, 0.4) is 0 Å². The van der Waals surface area contributed by atoms with Gasteiger partial charge in [-0.2, -0.15) is 0 Å². The highest BCUT2D eigenvalue weighted by Gasteiger charge is 2.37. The van der Waals surface area contributed by atoms with Crippen molar-refractivity contribution in [2.45, 2.75) is 33.4 Å². The molecule has 0 saturated heterocycles. The number of pyridine rings is 2. The van der Waals surface area contributed by atoms with Gasteiger partial charge in [0, 0.05) is 25.5 Å². The maximum atomic E-state index is 13.2. The van der Waals surface area contributed by atoms with Gasteiger partial charge in [-0.3, -0.25) is 14.5 Å². The fraction of sp³-hybridized carbons (Fsp3) is 0.333. The molecule has 0 aromatic carbocycles. The van der Waals surface area contributed by atoms with Crippen molar-refractivity contribution in [1.82, 2.24) is 19.1 Å². The van der Waals surface area contributed by atoms with Crippen LogP contribution in [0.15, 0.2) is 29.3 Å². The van der Waals surface area contributed by atoms with E-state index in [1.54, 1.807) is 20.4 Å². The van der Waals surface area contributed by atoms with Gasteiger partial charge in [-0.05, 0) is 38.5 Å². The van der Waals surface area contributed by atoms with Gasteiger partial charge in [0.25, 0.3) is 11.5 Å². The van der Waals surface area contributed by atoms with E-state index < -0.39 is 0 Å². The number of hydrogen-bond donors (Lipinski definition) is 0. The summed E-state index contributed by atoms with van der Waals surface area (Å²) in [4.78, 5) is 36.3. The number of aromatic nitrogens is 4. The van der Waals surface area contributed by atoms with Crippen LogP contribution in [0.4, 0.5) is 5.69 Å². The van der Waals surface area contributed by atoms with E-state index in [9.17, 15) is 9.59 Å². The van der Waals surface area contributed by atoms with Crippen molar-refractivity contribution >= 4 is 23.2 Å². The Morgan fingerprint density at radius 3 is 2.63 bits per heavy atom. The Kier molecular flexibility index (Phi) is 4.89. The third-order valence-corrected chi connectivity index (χ3v) is 5.33. The first-order chi connectivity index (χ1) is 14.2. The zero-order chi connectivity index (χ0) is 21.7. The molecule has 0 bridgehead atoms. The summed E-state index contributed by atoms with van der Waals surface area (Å²) < 4.78 is 8.80. The molecule has 0 N–H and O–H groups in total. The third kappa shape index (κ3) is 3.08. The van der Waals surface area contributed by atoms with Gasteiger partial charge in [0.15, 0.2) is 5.69 Å². The van der Waals surface area contributed by atoms with Crippen LogP contribution in [0.2, 0.25) is 5.02 Å². The molecule has 1 aliphatic rings. The molecule has 4 heterocycles. The van der Waals surface area contributed by atoms with Crippen LogP contribution in [0, 0.1) is 6.92 Å². The number of rotatable bonds is 4. The van der Waals surface area contributed by atoms with E-state index in [2.05, 4.69) is 9.97 Å². The van der Waals surface area contributed by atoms with E-state index >= 15 is 0 Å². The molecule has 0 aliphatic carbocycles. The van der Waals surface area contributed by atoms with Gasteiger partial charge in [0.05, 0.1) is 29.9 Å². The summed E-state index contributed by atoms with van der Waals surface area (Å²) in [6.45, 7) is 6.21. The first-order valence-electron chi connectivity index (χ1n) is 9.53. The van der Waals surface area contributed by atoms with Crippen LogP contribution in [-0.4, -0.2) is 32.1 Å². The van der Waals surface area contributed by atoms with Crippen molar-refractivity contribution < 1.29 is 9.53 Å². The maximum absolute atomic E-state index is 13.2. The molecule has 3 aromatic heterocycles. The number of anilines is 1.